The van der Waals surface area contributed by atoms with Gasteiger partial charge in [0, 0.05) is 16.6 Å². The number of halogens is 2. The first kappa shape index (κ1) is 22.7. The van der Waals surface area contributed by atoms with Crippen molar-refractivity contribution in [2.75, 3.05) is 6.61 Å². The molecule has 4 rings (SSSR count). The lowest BCUT2D eigenvalue weighted by molar-refractivity contribution is 0.0694. The molecule has 0 spiro atoms. The van der Waals surface area contributed by atoms with E-state index in [1.54, 1.807) is 34.9 Å². The van der Waals surface area contributed by atoms with Crippen LogP contribution in [-0.4, -0.2) is 27.4 Å². The second-order valence-electron chi connectivity index (χ2n) is 7.80. The number of benzene rings is 3. The first-order valence-corrected chi connectivity index (χ1v) is 10.7. The summed E-state index contributed by atoms with van der Waals surface area (Å²) in [6.45, 7) is -0.276. The second kappa shape index (κ2) is 9.57. The van der Waals surface area contributed by atoms with E-state index in [9.17, 15) is 19.8 Å². The summed E-state index contributed by atoms with van der Waals surface area (Å²) in [5, 5.41) is 20.2. The van der Waals surface area contributed by atoms with E-state index in [0.29, 0.717) is 22.5 Å². The van der Waals surface area contributed by atoms with Gasteiger partial charge in [-0.1, -0.05) is 60.1 Å². The minimum Gasteiger partial charge on any atom is -0.477 e. The topological polar surface area (TPSA) is 79.5 Å². The number of aromatic nitrogens is 1. The zero-order chi connectivity index (χ0) is 23.5. The zero-order valence-electron chi connectivity index (χ0n) is 17.5. The van der Waals surface area contributed by atoms with Gasteiger partial charge in [0.2, 0.25) is 5.43 Å². The molecule has 0 aliphatic rings. The molecule has 4 aromatic rings. The number of alkyl halides is 1. The molecule has 3 aromatic carbocycles. The molecule has 2 N–H and O–H groups in total. The smallest absolute Gasteiger partial charge is 0.341 e. The number of aromatic carboxylic acids is 1. The van der Waals surface area contributed by atoms with Crippen LogP contribution in [0.25, 0.3) is 10.9 Å². The van der Waals surface area contributed by atoms with Gasteiger partial charge in [-0.05, 0) is 47.4 Å². The average molecular weight is 466 g/mol. The Morgan fingerprint density at radius 3 is 2.39 bits per heavy atom. The number of aliphatic hydroxyl groups excluding tert-OH is 1. The summed E-state index contributed by atoms with van der Waals surface area (Å²) in [5.41, 5.74) is 0.756. The average Bonchev–Trinajstić information content (AvgIpc) is 2.83. The molecule has 0 amide bonds. The third kappa shape index (κ3) is 4.67. The van der Waals surface area contributed by atoms with Crippen molar-refractivity contribution in [1.29, 1.82) is 0 Å². The number of carboxylic acid groups (broad SMARTS) is 1. The molecule has 0 saturated heterocycles. The number of nitrogens with zero attached hydrogens (tertiary/aromatic N) is 1. The highest BCUT2D eigenvalue weighted by Gasteiger charge is 2.21. The van der Waals surface area contributed by atoms with Crippen LogP contribution in [0.3, 0.4) is 0 Å². The number of carbonyl (C=O) groups is 1. The first-order valence-electron chi connectivity index (χ1n) is 10.4. The fourth-order valence-electron chi connectivity index (χ4n) is 3.98. The van der Waals surface area contributed by atoms with E-state index in [0.717, 1.165) is 5.56 Å². The molecule has 0 saturated carbocycles. The Morgan fingerprint density at radius 1 is 1.00 bits per heavy atom. The van der Waals surface area contributed by atoms with Gasteiger partial charge in [-0.3, -0.25) is 4.79 Å². The maximum absolute atomic E-state index is 15.3. The van der Waals surface area contributed by atoms with Crippen LogP contribution in [0.5, 0.6) is 0 Å². The number of hydrogen-bond acceptors (Lipinski definition) is 3. The van der Waals surface area contributed by atoms with Crippen LogP contribution in [0.1, 0.15) is 39.3 Å². The van der Waals surface area contributed by atoms with E-state index >= 15 is 4.39 Å². The number of hydrogen-bond donors (Lipinski definition) is 2. The van der Waals surface area contributed by atoms with Gasteiger partial charge in [0.1, 0.15) is 5.56 Å². The predicted octanol–water partition coefficient (Wildman–Crippen LogP) is 5.19. The molecule has 0 fully saturated rings. The Balaban J connectivity index is 1.86. The number of aliphatic hydroxyl groups is 1. The standard InChI is InChI=1S/C26H21ClFNO4/c27-19-8-4-7-17(12-19)24(28)18-9-10-23-21(13-18)25(31)22(26(32)33)14-29(23)20(15-30)11-16-5-2-1-3-6-16/h1-10,12-14,20,24,30H,11,15H2,(H,32,33)/t20-,24?/m0/s1. The van der Waals surface area contributed by atoms with Crippen LogP contribution in [0.15, 0.2) is 83.8 Å². The molecular weight excluding hydrogens is 445 g/mol. The van der Waals surface area contributed by atoms with Crippen LogP contribution in [0.4, 0.5) is 4.39 Å². The SMILES string of the molecule is O=C(O)c1cn([C@H](CO)Cc2ccccc2)c2ccc(C(F)c3cccc(Cl)c3)cc2c1=O. The summed E-state index contributed by atoms with van der Waals surface area (Å²) in [7, 11) is 0. The Bertz CT molecular complexity index is 1370. The maximum atomic E-state index is 15.3. The van der Waals surface area contributed by atoms with Crippen LogP contribution in [0.2, 0.25) is 5.02 Å². The predicted molar refractivity (Wildman–Crippen MR) is 126 cm³/mol. The van der Waals surface area contributed by atoms with Crippen LogP contribution >= 0.6 is 11.6 Å². The molecule has 1 heterocycles. The number of pyridine rings is 1. The fraction of sp³-hybridized carbons (Fsp3) is 0.154. The molecule has 7 heteroatoms. The van der Waals surface area contributed by atoms with Gasteiger partial charge in [-0.25, -0.2) is 9.18 Å². The van der Waals surface area contributed by atoms with Crippen molar-refractivity contribution in [3.63, 3.8) is 0 Å². The molecule has 1 unspecified atom stereocenters. The molecule has 168 valence electrons. The molecule has 1 aromatic heterocycles. The molecule has 5 nitrogen and oxygen atoms in total. The highest BCUT2D eigenvalue weighted by Crippen LogP contribution is 2.30. The van der Waals surface area contributed by atoms with Gasteiger partial charge in [-0.15, -0.1) is 0 Å². The number of rotatable bonds is 7. The van der Waals surface area contributed by atoms with Crippen molar-refractivity contribution in [2.24, 2.45) is 0 Å². The van der Waals surface area contributed by atoms with Gasteiger partial charge in [0.25, 0.3) is 0 Å². The second-order valence-corrected chi connectivity index (χ2v) is 8.24. The monoisotopic (exact) mass is 465 g/mol. The minimum absolute atomic E-state index is 0.0728. The number of carboxylic acids is 1. The first-order chi connectivity index (χ1) is 15.9. The number of fused-ring (bicyclic) bond motifs is 1. The van der Waals surface area contributed by atoms with Gasteiger partial charge in [0.05, 0.1) is 18.2 Å². The summed E-state index contributed by atoms with van der Waals surface area (Å²) < 4.78 is 16.8. The third-order valence-electron chi connectivity index (χ3n) is 5.64. The lowest BCUT2D eigenvalue weighted by atomic mass is 9.99. The van der Waals surface area contributed by atoms with Crippen molar-refractivity contribution < 1.29 is 19.4 Å². The third-order valence-corrected chi connectivity index (χ3v) is 5.87. The Hall–Kier alpha value is -3.48. The van der Waals surface area contributed by atoms with E-state index in [-0.39, 0.29) is 17.6 Å². The molecule has 0 aliphatic carbocycles. The van der Waals surface area contributed by atoms with Gasteiger partial charge in [0.15, 0.2) is 6.17 Å². The summed E-state index contributed by atoms with van der Waals surface area (Å²) in [4.78, 5) is 24.8. The Morgan fingerprint density at radius 2 is 1.73 bits per heavy atom. The summed E-state index contributed by atoms with van der Waals surface area (Å²) >= 11 is 5.98. The highest BCUT2D eigenvalue weighted by atomic mass is 35.5. The molecule has 33 heavy (non-hydrogen) atoms. The van der Waals surface area contributed by atoms with E-state index in [1.807, 2.05) is 30.3 Å². The summed E-state index contributed by atoms with van der Waals surface area (Å²) in [6.07, 6.45) is 0.123. The van der Waals surface area contributed by atoms with E-state index in [1.165, 1.54) is 18.3 Å². The Labute approximate surface area is 194 Å². The van der Waals surface area contributed by atoms with Gasteiger partial charge in [-0.2, -0.15) is 0 Å². The highest BCUT2D eigenvalue weighted by molar-refractivity contribution is 6.30. The van der Waals surface area contributed by atoms with Crippen molar-refractivity contribution in [1.82, 2.24) is 4.57 Å². The minimum atomic E-state index is -1.55. The van der Waals surface area contributed by atoms with Crippen molar-refractivity contribution in [3.8, 4) is 0 Å². The molecule has 2 atom stereocenters. The normalized spacial score (nSPS) is 13.1. The van der Waals surface area contributed by atoms with Crippen LogP contribution in [-0.2, 0) is 6.42 Å². The maximum Gasteiger partial charge on any atom is 0.341 e. The fourth-order valence-corrected chi connectivity index (χ4v) is 4.18. The van der Waals surface area contributed by atoms with E-state index in [4.69, 9.17) is 11.6 Å². The largest absolute Gasteiger partial charge is 0.477 e. The van der Waals surface area contributed by atoms with Crippen molar-refractivity contribution >= 4 is 28.5 Å². The molecule has 0 aliphatic heterocycles. The Kier molecular flexibility index (Phi) is 6.58. The molecular formula is C26H21ClFNO4. The summed E-state index contributed by atoms with van der Waals surface area (Å²) in [6, 6.07) is 19.8. The van der Waals surface area contributed by atoms with Crippen LogP contribution < -0.4 is 5.43 Å². The molecule has 0 bridgehead atoms. The van der Waals surface area contributed by atoms with Crippen molar-refractivity contribution in [3.05, 3.63) is 116 Å². The van der Waals surface area contributed by atoms with Crippen molar-refractivity contribution in [2.45, 2.75) is 18.6 Å². The van der Waals surface area contributed by atoms with Gasteiger partial charge >= 0.3 is 5.97 Å². The summed E-state index contributed by atoms with van der Waals surface area (Å²) in [5.74, 6) is -1.39. The lowest BCUT2D eigenvalue weighted by Crippen LogP contribution is -2.24. The van der Waals surface area contributed by atoms with E-state index < -0.39 is 29.2 Å². The van der Waals surface area contributed by atoms with Crippen LogP contribution in [0, 0.1) is 0 Å². The lowest BCUT2D eigenvalue weighted by Gasteiger charge is -2.22. The van der Waals surface area contributed by atoms with E-state index in [2.05, 4.69) is 0 Å². The zero-order valence-corrected chi connectivity index (χ0v) is 18.2. The quantitative estimate of drug-likeness (QED) is 0.393. The van der Waals surface area contributed by atoms with Gasteiger partial charge < -0.3 is 14.8 Å². The molecule has 0 radical (unpaired) electrons.